The van der Waals surface area contributed by atoms with Crippen LogP contribution in [0.3, 0.4) is 0 Å². The molecule has 0 radical (unpaired) electrons. The molecule has 0 spiro atoms. The largest absolute Gasteiger partial charge is 0.306 e. The minimum atomic E-state index is 0.376. The maximum absolute atomic E-state index is 3.60. The molecule has 1 nitrogen and oxygen atoms in total. The van der Waals surface area contributed by atoms with E-state index in [1.165, 1.54) is 27.8 Å². The van der Waals surface area contributed by atoms with Crippen molar-refractivity contribution in [2.45, 2.75) is 40.3 Å². The van der Waals surface area contributed by atoms with Crippen LogP contribution in [0.15, 0.2) is 42.5 Å². The van der Waals surface area contributed by atoms with Crippen molar-refractivity contribution >= 4 is 0 Å². The van der Waals surface area contributed by atoms with Crippen LogP contribution in [0.25, 0.3) is 0 Å². The fourth-order valence-electron chi connectivity index (χ4n) is 2.50. The second-order valence-corrected chi connectivity index (χ2v) is 5.51. The third-order valence-electron chi connectivity index (χ3n) is 3.44. The summed E-state index contributed by atoms with van der Waals surface area (Å²) in [5.41, 5.74) is 6.69. The van der Waals surface area contributed by atoms with Crippen molar-refractivity contribution in [3.8, 4) is 0 Å². The molecule has 0 aromatic heterocycles. The smallest absolute Gasteiger partial charge is 0.0295 e. The highest BCUT2D eigenvalue weighted by Gasteiger charge is 2.05. The fourth-order valence-corrected chi connectivity index (χ4v) is 2.50. The lowest BCUT2D eigenvalue weighted by Crippen LogP contribution is -2.18. The maximum atomic E-state index is 3.60. The van der Waals surface area contributed by atoms with E-state index in [1.54, 1.807) is 0 Å². The Balaban J connectivity index is 2.02. The first kappa shape index (κ1) is 13.8. The van der Waals surface area contributed by atoms with Crippen molar-refractivity contribution in [3.05, 3.63) is 70.3 Å². The van der Waals surface area contributed by atoms with Gasteiger partial charge < -0.3 is 5.32 Å². The van der Waals surface area contributed by atoms with E-state index in [0.717, 1.165) is 6.54 Å². The molecule has 0 aliphatic rings. The summed E-state index contributed by atoms with van der Waals surface area (Å²) in [5, 5.41) is 3.60. The average Bonchev–Trinajstić information content (AvgIpc) is 2.35. The third kappa shape index (κ3) is 3.93. The second-order valence-electron chi connectivity index (χ2n) is 5.51. The lowest BCUT2D eigenvalue weighted by atomic mass is 10.0. The SMILES string of the molecule is Cc1cc(C)cc(CN[C@H](C)c2cccc(C)c2)c1. The lowest BCUT2D eigenvalue weighted by Gasteiger charge is -2.15. The Morgan fingerprint density at radius 1 is 0.895 bits per heavy atom. The molecule has 1 heteroatoms. The normalized spacial score (nSPS) is 12.4. The summed E-state index contributed by atoms with van der Waals surface area (Å²) in [7, 11) is 0. The summed E-state index contributed by atoms with van der Waals surface area (Å²) in [5.74, 6) is 0. The minimum Gasteiger partial charge on any atom is -0.306 e. The van der Waals surface area contributed by atoms with Gasteiger partial charge in [0.05, 0.1) is 0 Å². The van der Waals surface area contributed by atoms with Crippen molar-refractivity contribution in [1.29, 1.82) is 0 Å². The van der Waals surface area contributed by atoms with E-state index in [4.69, 9.17) is 0 Å². The van der Waals surface area contributed by atoms with Crippen LogP contribution < -0.4 is 5.32 Å². The van der Waals surface area contributed by atoms with Crippen LogP contribution in [0.5, 0.6) is 0 Å². The summed E-state index contributed by atoms with van der Waals surface area (Å²) >= 11 is 0. The highest BCUT2D eigenvalue weighted by Crippen LogP contribution is 2.15. The van der Waals surface area contributed by atoms with E-state index in [1.807, 2.05) is 0 Å². The van der Waals surface area contributed by atoms with Crippen LogP contribution >= 0.6 is 0 Å². The van der Waals surface area contributed by atoms with Crippen LogP contribution in [0.4, 0.5) is 0 Å². The Morgan fingerprint density at radius 2 is 1.58 bits per heavy atom. The number of hydrogen-bond acceptors (Lipinski definition) is 1. The van der Waals surface area contributed by atoms with Crippen LogP contribution in [0, 0.1) is 20.8 Å². The molecule has 0 saturated heterocycles. The highest BCUT2D eigenvalue weighted by atomic mass is 14.9. The topological polar surface area (TPSA) is 12.0 Å². The molecule has 0 fully saturated rings. The summed E-state index contributed by atoms with van der Waals surface area (Å²) < 4.78 is 0. The highest BCUT2D eigenvalue weighted by molar-refractivity contribution is 5.29. The molecule has 2 rings (SSSR count). The predicted molar refractivity (Wildman–Crippen MR) is 82.3 cm³/mol. The van der Waals surface area contributed by atoms with Crippen molar-refractivity contribution < 1.29 is 0 Å². The van der Waals surface area contributed by atoms with E-state index in [0.29, 0.717) is 6.04 Å². The molecule has 2 aromatic carbocycles. The molecule has 1 atom stereocenters. The van der Waals surface area contributed by atoms with Gasteiger partial charge in [0, 0.05) is 12.6 Å². The molecule has 19 heavy (non-hydrogen) atoms. The van der Waals surface area contributed by atoms with Crippen molar-refractivity contribution in [3.63, 3.8) is 0 Å². The molecular formula is C18H23N. The fraction of sp³-hybridized carbons (Fsp3) is 0.333. The van der Waals surface area contributed by atoms with Crippen LogP contribution in [0.1, 0.15) is 40.8 Å². The zero-order valence-corrected chi connectivity index (χ0v) is 12.3. The molecule has 2 aromatic rings. The number of benzene rings is 2. The van der Waals surface area contributed by atoms with Gasteiger partial charge in [0.2, 0.25) is 0 Å². The Bertz CT molecular complexity index is 537. The molecule has 0 aliphatic carbocycles. The van der Waals surface area contributed by atoms with Gasteiger partial charge in [0.25, 0.3) is 0 Å². The summed E-state index contributed by atoms with van der Waals surface area (Å²) in [6, 6.07) is 15.8. The van der Waals surface area contributed by atoms with E-state index >= 15 is 0 Å². The van der Waals surface area contributed by atoms with Gasteiger partial charge >= 0.3 is 0 Å². The molecule has 0 heterocycles. The van der Waals surface area contributed by atoms with Gasteiger partial charge in [-0.3, -0.25) is 0 Å². The molecule has 1 N–H and O–H groups in total. The van der Waals surface area contributed by atoms with Crippen molar-refractivity contribution in [2.75, 3.05) is 0 Å². The monoisotopic (exact) mass is 253 g/mol. The van der Waals surface area contributed by atoms with Crippen molar-refractivity contribution in [1.82, 2.24) is 5.32 Å². The lowest BCUT2D eigenvalue weighted by molar-refractivity contribution is 0.574. The van der Waals surface area contributed by atoms with Gasteiger partial charge in [-0.05, 0) is 38.8 Å². The van der Waals surface area contributed by atoms with Gasteiger partial charge in [-0.1, -0.05) is 59.2 Å². The van der Waals surface area contributed by atoms with Gasteiger partial charge in [0.1, 0.15) is 0 Å². The maximum Gasteiger partial charge on any atom is 0.0295 e. The van der Waals surface area contributed by atoms with Gasteiger partial charge in [-0.25, -0.2) is 0 Å². The van der Waals surface area contributed by atoms with Gasteiger partial charge in [-0.15, -0.1) is 0 Å². The molecule has 0 amide bonds. The molecule has 0 aliphatic heterocycles. The summed E-state index contributed by atoms with van der Waals surface area (Å²) in [6.45, 7) is 9.58. The Kier molecular flexibility index (Phi) is 4.39. The number of nitrogens with one attached hydrogen (secondary N) is 1. The number of hydrogen-bond donors (Lipinski definition) is 1. The first-order chi connectivity index (χ1) is 9.04. The Labute approximate surface area is 116 Å². The first-order valence-corrected chi connectivity index (χ1v) is 6.92. The quantitative estimate of drug-likeness (QED) is 0.848. The number of rotatable bonds is 4. The van der Waals surface area contributed by atoms with E-state index in [-0.39, 0.29) is 0 Å². The van der Waals surface area contributed by atoms with E-state index in [9.17, 15) is 0 Å². The minimum absolute atomic E-state index is 0.376. The molecule has 100 valence electrons. The van der Waals surface area contributed by atoms with Gasteiger partial charge in [0.15, 0.2) is 0 Å². The van der Waals surface area contributed by atoms with Crippen LogP contribution in [0.2, 0.25) is 0 Å². The van der Waals surface area contributed by atoms with Gasteiger partial charge in [-0.2, -0.15) is 0 Å². The standard InChI is InChI=1S/C18H23N/c1-13-6-5-7-18(11-13)16(4)19-12-17-9-14(2)8-15(3)10-17/h5-11,16,19H,12H2,1-4H3/t16-/m1/s1. The van der Waals surface area contributed by atoms with E-state index in [2.05, 4.69) is 75.5 Å². The van der Waals surface area contributed by atoms with Crippen molar-refractivity contribution in [2.24, 2.45) is 0 Å². The van der Waals surface area contributed by atoms with Crippen LogP contribution in [-0.2, 0) is 6.54 Å². The molecule has 0 bridgehead atoms. The second kappa shape index (κ2) is 6.03. The summed E-state index contributed by atoms with van der Waals surface area (Å²) in [4.78, 5) is 0. The van der Waals surface area contributed by atoms with Crippen LogP contribution in [-0.4, -0.2) is 0 Å². The summed E-state index contributed by atoms with van der Waals surface area (Å²) in [6.07, 6.45) is 0. The number of aryl methyl sites for hydroxylation is 3. The predicted octanol–water partition coefficient (Wildman–Crippen LogP) is 4.46. The molecule has 0 saturated carbocycles. The zero-order chi connectivity index (χ0) is 13.8. The molecular weight excluding hydrogens is 230 g/mol. The first-order valence-electron chi connectivity index (χ1n) is 6.92. The third-order valence-corrected chi connectivity index (χ3v) is 3.44. The zero-order valence-electron chi connectivity index (χ0n) is 12.3. The average molecular weight is 253 g/mol. The molecule has 0 unspecified atom stereocenters. The Hall–Kier alpha value is -1.60. The Morgan fingerprint density at radius 3 is 2.21 bits per heavy atom. The van der Waals surface area contributed by atoms with E-state index < -0.39 is 0 Å².